The normalized spacial score (nSPS) is 11.3. The molecule has 0 aliphatic rings. The number of aryl methyl sites for hydroxylation is 1. The van der Waals surface area contributed by atoms with Crippen LogP contribution in [0, 0.1) is 18.6 Å². The number of carbonyl (C=O) groups is 1. The predicted octanol–water partition coefficient (Wildman–Crippen LogP) is 6.41. The zero-order chi connectivity index (χ0) is 33.3. The highest BCUT2D eigenvalue weighted by molar-refractivity contribution is 6.04. The molecule has 5 rings (SSSR count). The number of anilines is 3. The van der Waals surface area contributed by atoms with Crippen molar-refractivity contribution in [2.45, 2.75) is 13.1 Å². The second kappa shape index (κ2) is 12.3. The first-order chi connectivity index (χ1) is 21.9. The Morgan fingerprint density at radius 2 is 1.59 bits per heavy atom. The van der Waals surface area contributed by atoms with Crippen LogP contribution in [0.1, 0.15) is 21.6 Å². The van der Waals surface area contributed by atoms with Gasteiger partial charge >= 0.3 is 6.18 Å². The van der Waals surface area contributed by atoms with Gasteiger partial charge in [0, 0.05) is 23.2 Å². The molecule has 0 saturated carbocycles. The minimum Gasteiger partial charge on any atom is -0.493 e. The fourth-order valence-electron chi connectivity index (χ4n) is 4.69. The number of hydrogen-bond acceptors (Lipinski definition) is 8. The van der Waals surface area contributed by atoms with E-state index in [9.17, 15) is 27.2 Å². The lowest BCUT2D eigenvalue weighted by atomic mass is 10.1. The molecular weight excluding hydrogens is 617 g/mol. The molecule has 15 heteroatoms. The van der Waals surface area contributed by atoms with E-state index in [1.807, 2.05) is 0 Å². The molecule has 0 fully saturated rings. The quantitative estimate of drug-likeness (QED) is 0.187. The fourth-order valence-corrected chi connectivity index (χ4v) is 4.69. The number of fused-ring (bicyclic) bond motifs is 1. The number of hydrogen-bond donors (Lipinski definition) is 2. The molecule has 238 valence electrons. The average molecular weight is 642 g/mol. The number of pyridine rings is 3. The Morgan fingerprint density at radius 1 is 0.870 bits per heavy atom. The first-order valence-electron chi connectivity index (χ1n) is 13.3. The van der Waals surface area contributed by atoms with Crippen molar-refractivity contribution >= 4 is 33.9 Å². The summed E-state index contributed by atoms with van der Waals surface area (Å²) in [6.45, 7) is 1.45. The molecule has 0 aliphatic heterocycles. The van der Waals surface area contributed by atoms with Gasteiger partial charge in [-0.2, -0.15) is 13.2 Å². The number of alkyl halides is 3. The molecule has 5 aromatic rings. The zero-order valence-corrected chi connectivity index (χ0v) is 24.5. The van der Waals surface area contributed by atoms with Crippen molar-refractivity contribution in [3.8, 4) is 23.1 Å². The van der Waals surface area contributed by atoms with Crippen LogP contribution in [0.4, 0.5) is 39.0 Å². The van der Waals surface area contributed by atoms with E-state index in [4.69, 9.17) is 14.2 Å². The molecule has 0 spiro atoms. The number of ether oxygens (including phenoxy) is 3. The Bertz CT molecular complexity index is 2050. The molecule has 3 heterocycles. The zero-order valence-electron chi connectivity index (χ0n) is 24.5. The van der Waals surface area contributed by atoms with E-state index >= 15 is 4.39 Å². The summed E-state index contributed by atoms with van der Waals surface area (Å²) in [5, 5.41) is 5.26. The molecule has 10 nitrogen and oxygen atoms in total. The topological polar surface area (TPSA) is 117 Å². The molecule has 0 bridgehead atoms. The summed E-state index contributed by atoms with van der Waals surface area (Å²) in [6.07, 6.45) is -2.98. The molecule has 0 atom stereocenters. The summed E-state index contributed by atoms with van der Waals surface area (Å²) in [7, 11) is 4.14. The monoisotopic (exact) mass is 641 g/mol. The average Bonchev–Trinajstić information content (AvgIpc) is 3.02. The number of methoxy groups -OCH3 is 3. The van der Waals surface area contributed by atoms with Crippen LogP contribution in [0.25, 0.3) is 16.6 Å². The van der Waals surface area contributed by atoms with Crippen molar-refractivity contribution in [3.05, 3.63) is 99.7 Å². The van der Waals surface area contributed by atoms with Gasteiger partial charge in [-0.05, 0) is 48.9 Å². The number of carbonyl (C=O) groups excluding carboxylic acids is 1. The van der Waals surface area contributed by atoms with Crippen molar-refractivity contribution in [1.82, 2.24) is 14.5 Å². The second-order valence-corrected chi connectivity index (χ2v) is 9.76. The molecule has 3 aromatic heterocycles. The Balaban J connectivity index is 1.47. The van der Waals surface area contributed by atoms with Crippen LogP contribution >= 0.6 is 0 Å². The summed E-state index contributed by atoms with van der Waals surface area (Å²) in [4.78, 5) is 34.4. The third-order valence-electron chi connectivity index (χ3n) is 6.94. The largest absolute Gasteiger partial charge is 0.493 e. The third-order valence-corrected chi connectivity index (χ3v) is 6.94. The Labute approximate surface area is 257 Å². The summed E-state index contributed by atoms with van der Waals surface area (Å²) < 4.78 is 87.6. The summed E-state index contributed by atoms with van der Waals surface area (Å²) in [5.41, 5.74) is -3.37. The highest BCUT2D eigenvalue weighted by Gasteiger charge is 2.36. The predicted molar refractivity (Wildman–Crippen MR) is 159 cm³/mol. The second-order valence-electron chi connectivity index (χ2n) is 9.76. The highest BCUT2D eigenvalue weighted by Crippen LogP contribution is 2.37. The molecule has 0 aliphatic carbocycles. The molecule has 1 amide bonds. The van der Waals surface area contributed by atoms with Crippen LogP contribution < -0.4 is 30.4 Å². The number of nitrogens with zero attached hydrogens (tertiary/aromatic N) is 3. The molecule has 46 heavy (non-hydrogen) atoms. The lowest BCUT2D eigenvalue weighted by Gasteiger charge is -2.18. The van der Waals surface area contributed by atoms with Crippen LogP contribution in [0.2, 0.25) is 0 Å². The third kappa shape index (κ3) is 5.98. The summed E-state index contributed by atoms with van der Waals surface area (Å²) in [6, 6.07) is 9.01. The first-order valence-corrected chi connectivity index (χ1v) is 13.3. The molecule has 0 saturated heterocycles. The van der Waals surface area contributed by atoms with Crippen molar-refractivity contribution in [2.75, 3.05) is 32.0 Å². The molecule has 2 aromatic carbocycles. The SMILES string of the molecule is COc1cc(C)c(-n2c(C(F)(F)F)ccc(C(=O)Nc3ccc(Nc4c(F)cnc5cc(OC)c(OC)cc45)c(F)c3)c2=O)cn1. The van der Waals surface area contributed by atoms with E-state index in [-0.39, 0.29) is 45.3 Å². The van der Waals surface area contributed by atoms with Crippen LogP contribution in [-0.2, 0) is 6.18 Å². The minimum atomic E-state index is -4.96. The van der Waals surface area contributed by atoms with E-state index in [0.717, 1.165) is 24.5 Å². The first kappa shape index (κ1) is 31.7. The van der Waals surface area contributed by atoms with Crippen molar-refractivity contribution < 1.29 is 41.0 Å². The van der Waals surface area contributed by atoms with Gasteiger partial charge in [-0.1, -0.05) is 0 Å². The molecule has 0 unspecified atom stereocenters. The number of rotatable bonds is 8. The maximum Gasteiger partial charge on any atom is 0.431 e. The van der Waals surface area contributed by atoms with Crippen LogP contribution in [-0.4, -0.2) is 41.8 Å². The number of aromatic nitrogens is 3. The van der Waals surface area contributed by atoms with Crippen molar-refractivity contribution in [1.29, 1.82) is 0 Å². The van der Waals surface area contributed by atoms with Gasteiger partial charge in [0.2, 0.25) is 5.88 Å². The van der Waals surface area contributed by atoms with Gasteiger partial charge in [-0.15, -0.1) is 0 Å². The van der Waals surface area contributed by atoms with Gasteiger partial charge in [0.25, 0.3) is 11.5 Å². The van der Waals surface area contributed by atoms with Gasteiger partial charge < -0.3 is 24.8 Å². The smallest absolute Gasteiger partial charge is 0.431 e. The van der Waals surface area contributed by atoms with E-state index in [2.05, 4.69) is 20.6 Å². The van der Waals surface area contributed by atoms with Gasteiger partial charge in [0.15, 0.2) is 17.3 Å². The number of amides is 1. The Morgan fingerprint density at radius 3 is 2.22 bits per heavy atom. The van der Waals surface area contributed by atoms with Gasteiger partial charge in [0.05, 0.1) is 56.3 Å². The van der Waals surface area contributed by atoms with E-state index in [1.54, 1.807) is 0 Å². The fraction of sp³-hybridized carbons (Fsp3) is 0.161. The maximum absolute atomic E-state index is 15.2. The van der Waals surface area contributed by atoms with E-state index < -0.39 is 40.5 Å². The van der Waals surface area contributed by atoms with Crippen molar-refractivity contribution in [3.63, 3.8) is 0 Å². The molecule has 0 radical (unpaired) electrons. The molecule has 2 N–H and O–H groups in total. The maximum atomic E-state index is 15.2. The minimum absolute atomic E-state index is 0.108. The lowest BCUT2D eigenvalue weighted by Crippen LogP contribution is -2.33. The standard InChI is InChI=1S/C31H24F5N5O5/c1-15-9-27(46-4)38-14-23(15)41-26(31(34,35)36)8-6-17(30(41)43)29(42)39-16-5-7-21(19(32)10-16)40-28-18-11-24(44-2)25(45-3)12-22(18)37-13-20(28)33/h5-14H,1-4H3,(H,37,40)(H,39,42). The Hall–Kier alpha value is -5.73. The van der Waals surface area contributed by atoms with Gasteiger partial charge in [0.1, 0.15) is 17.1 Å². The Kier molecular flexibility index (Phi) is 8.50. The highest BCUT2D eigenvalue weighted by atomic mass is 19.4. The van der Waals surface area contributed by atoms with Crippen LogP contribution in [0.15, 0.2) is 65.7 Å². The van der Waals surface area contributed by atoms with Crippen LogP contribution in [0.5, 0.6) is 17.4 Å². The summed E-state index contributed by atoms with van der Waals surface area (Å²) >= 11 is 0. The van der Waals surface area contributed by atoms with Crippen molar-refractivity contribution in [2.24, 2.45) is 0 Å². The van der Waals surface area contributed by atoms with Crippen LogP contribution in [0.3, 0.4) is 0 Å². The van der Waals surface area contributed by atoms with Gasteiger partial charge in [-0.3, -0.25) is 19.1 Å². The number of halogens is 5. The van der Waals surface area contributed by atoms with Gasteiger partial charge in [-0.25, -0.2) is 13.8 Å². The number of nitrogens with one attached hydrogen (secondary N) is 2. The van der Waals surface area contributed by atoms with E-state index in [1.165, 1.54) is 58.6 Å². The summed E-state index contributed by atoms with van der Waals surface area (Å²) in [5.74, 6) is -2.08. The lowest BCUT2D eigenvalue weighted by molar-refractivity contribution is -0.142. The number of benzene rings is 2. The molecular formula is C31H24F5N5O5. The van der Waals surface area contributed by atoms with E-state index in [0.29, 0.717) is 21.9 Å².